The SMILES string of the molecule is CCCN(CC)c1ccc(C(=O)NC2CCNC(C)C2)cc1. The second kappa shape index (κ2) is 8.18. The number of amides is 1. The molecular weight excluding hydrogens is 274 g/mol. The Balaban J connectivity index is 1.95. The summed E-state index contributed by atoms with van der Waals surface area (Å²) in [5.41, 5.74) is 1.94. The molecule has 22 heavy (non-hydrogen) atoms. The van der Waals surface area contributed by atoms with Crippen LogP contribution in [-0.2, 0) is 0 Å². The molecule has 1 aromatic rings. The van der Waals surface area contributed by atoms with Crippen LogP contribution in [0.3, 0.4) is 0 Å². The molecule has 0 saturated carbocycles. The highest BCUT2D eigenvalue weighted by molar-refractivity contribution is 5.94. The zero-order valence-corrected chi connectivity index (χ0v) is 14.1. The number of nitrogens with zero attached hydrogens (tertiary/aromatic N) is 1. The van der Waals surface area contributed by atoms with E-state index < -0.39 is 0 Å². The van der Waals surface area contributed by atoms with Crippen molar-refractivity contribution in [1.29, 1.82) is 0 Å². The van der Waals surface area contributed by atoms with Crippen molar-refractivity contribution in [2.75, 3.05) is 24.5 Å². The summed E-state index contributed by atoms with van der Waals surface area (Å²) in [7, 11) is 0. The van der Waals surface area contributed by atoms with E-state index >= 15 is 0 Å². The number of rotatable bonds is 6. The van der Waals surface area contributed by atoms with Gasteiger partial charge >= 0.3 is 0 Å². The van der Waals surface area contributed by atoms with E-state index in [1.165, 1.54) is 5.69 Å². The maximum absolute atomic E-state index is 12.4. The number of carbonyl (C=O) groups excluding carboxylic acids is 1. The molecule has 4 heteroatoms. The fourth-order valence-electron chi connectivity index (χ4n) is 3.10. The monoisotopic (exact) mass is 303 g/mol. The molecule has 1 amide bonds. The van der Waals surface area contributed by atoms with E-state index in [9.17, 15) is 4.79 Å². The molecule has 0 spiro atoms. The summed E-state index contributed by atoms with van der Waals surface area (Å²) in [5, 5.41) is 6.57. The lowest BCUT2D eigenvalue weighted by Gasteiger charge is -2.28. The van der Waals surface area contributed by atoms with Gasteiger partial charge in [0.2, 0.25) is 0 Å². The van der Waals surface area contributed by atoms with Gasteiger partial charge in [-0.15, -0.1) is 0 Å². The molecule has 1 saturated heterocycles. The highest BCUT2D eigenvalue weighted by Gasteiger charge is 2.20. The van der Waals surface area contributed by atoms with Crippen LogP contribution in [0.25, 0.3) is 0 Å². The van der Waals surface area contributed by atoms with Gasteiger partial charge in [-0.05, 0) is 63.9 Å². The molecule has 4 nitrogen and oxygen atoms in total. The van der Waals surface area contributed by atoms with Crippen molar-refractivity contribution in [3.05, 3.63) is 29.8 Å². The second-order valence-electron chi connectivity index (χ2n) is 6.18. The van der Waals surface area contributed by atoms with Crippen LogP contribution in [0.1, 0.15) is 50.4 Å². The quantitative estimate of drug-likeness (QED) is 0.849. The van der Waals surface area contributed by atoms with Crippen molar-refractivity contribution < 1.29 is 4.79 Å². The maximum Gasteiger partial charge on any atom is 0.251 e. The lowest BCUT2D eigenvalue weighted by atomic mass is 10.0. The summed E-state index contributed by atoms with van der Waals surface area (Å²) in [6.07, 6.45) is 3.14. The molecule has 1 heterocycles. The van der Waals surface area contributed by atoms with E-state index in [0.717, 1.165) is 44.5 Å². The first-order valence-electron chi connectivity index (χ1n) is 8.53. The van der Waals surface area contributed by atoms with Gasteiger partial charge in [0.05, 0.1) is 0 Å². The Labute approximate surface area is 134 Å². The number of hydrogen-bond donors (Lipinski definition) is 2. The predicted molar refractivity (Wildman–Crippen MR) is 92.6 cm³/mol. The largest absolute Gasteiger partial charge is 0.372 e. The van der Waals surface area contributed by atoms with Gasteiger partial charge in [-0.1, -0.05) is 6.92 Å². The third kappa shape index (κ3) is 4.47. The van der Waals surface area contributed by atoms with Crippen LogP contribution in [0.5, 0.6) is 0 Å². The minimum absolute atomic E-state index is 0.0455. The van der Waals surface area contributed by atoms with Gasteiger partial charge in [0.25, 0.3) is 5.91 Å². The summed E-state index contributed by atoms with van der Waals surface area (Å²) in [6.45, 7) is 9.54. The summed E-state index contributed by atoms with van der Waals surface area (Å²) in [5.74, 6) is 0.0455. The average molecular weight is 303 g/mol. The summed E-state index contributed by atoms with van der Waals surface area (Å²) in [4.78, 5) is 14.7. The molecule has 122 valence electrons. The van der Waals surface area contributed by atoms with Gasteiger partial charge in [0, 0.05) is 36.4 Å². The highest BCUT2D eigenvalue weighted by Crippen LogP contribution is 2.16. The summed E-state index contributed by atoms with van der Waals surface area (Å²) >= 11 is 0. The van der Waals surface area contributed by atoms with Gasteiger partial charge in [-0.3, -0.25) is 4.79 Å². The number of hydrogen-bond acceptors (Lipinski definition) is 3. The van der Waals surface area contributed by atoms with Crippen molar-refractivity contribution in [3.63, 3.8) is 0 Å². The maximum atomic E-state index is 12.4. The number of nitrogens with one attached hydrogen (secondary N) is 2. The first kappa shape index (κ1) is 16.8. The molecular formula is C18H29N3O. The van der Waals surface area contributed by atoms with Crippen molar-refractivity contribution in [3.8, 4) is 0 Å². The van der Waals surface area contributed by atoms with Crippen LogP contribution in [-0.4, -0.2) is 37.6 Å². The van der Waals surface area contributed by atoms with E-state index in [-0.39, 0.29) is 11.9 Å². The third-order valence-corrected chi connectivity index (χ3v) is 4.33. The molecule has 0 aliphatic carbocycles. The first-order valence-corrected chi connectivity index (χ1v) is 8.53. The molecule has 2 unspecified atom stereocenters. The van der Waals surface area contributed by atoms with Crippen LogP contribution < -0.4 is 15.5 Å². The molecule has 1 aliphatic rings. The van der Waals surface area contributed by atoms with Crippen LogP contribution in [0, 0.1) is 0 Å². The number of benzene rings is 1. The van der Waals surface area contributed by atoms with Gasteiger partial charge in [-0.25, -0.2) is 0 Å². The topological polar surface area (TPSA) is 44.4 Å². The molecule has 1 aromatic carbocycles. The summed E-state index contributed by atoms with van der Waals surface area (Å²) in [6, 6.07) is 8.75. The molecule has 2 rings (SSSR count). The van der Waals surface area contributed by atoms with Crippen LogP contribution in [0.2, 0.25) is 0 Å². The average Bonchev–Trinajstić information content (AvgIpc) is 2.53. The zero-order chi connectivity index (χ0) is 15.9. The Kier molecular flexibility index (Phi) is 6.25. The minimum atomic E-state index is 0.0455. The fourth-order valence-corrected chi connectivity index (χ4v) is 3.10. The third-order valence-electron chi connectivity index (χ3n) is 4.33. The number of anilines is 1. The number of carbonyl (C=O) groups is 1. The van der Waals surface area contributed by atoms with Gasteiger partial charge in [-0.2, -0.15) is 0 Å². The van der Waals surface area contributed by atoms with Crippen LogP contribution in [0.4, 0.5) is 5.69 Å². The first-order chi connectivity index (χ1) is 10.6. The Morgan fingerprint density at radius 3 is 2.64 bits per heavy atom. The second-order valence-corrected chi connectivity index (χ2v) is 6.18. The molecule has 1 aliphatic heterocycles. The standard InChI is InChI=1S/C18H29N3O/c1-4-12-21(5-2)17-8-6-15(7-9-17)18(22)20-16-10-11-19-14(3)13-16/h6-9,14,16,19H,4-5,10-13H2,1-3H3,(H,20,22). The van der Waals surface area contributed by atoms with Gasteiger partial charge in [0.15, 0.2) is 0 Å². The Morgan fingerprint density at radius 2 is 2.05 bits per heavy atom. The van der Waals surface area contributed by atoms with E-state index in [1.54, 1.807) is 0 Å². The smallest absolute Gasteiger partial charge is 0.251 e. The predicted octanol–water partition coefficient (Wildman–Crippen LogP) is 2.79. The van der Waals surface area contributed by atoms with Crippen molar-refractivity contribution in [1.82, 2.24) is 10.6 Å². The van der Waals surface area contributed by atoms with E-state index in [2.05, 4.69) is 48.4 Å². The Morgan fingerprint density at radius 1 is 1.32 bits per heavy atom. The van der Waals surface area contributed by atoms with Gasteiger partial charge < -0.3 is 15.5 Å². The van der Waals surface area contributed by atoms with E-state index in [0.29, 0.717) is 6.04 Å². The zero-order valence-electron chi connectivity index (χ0n) is 14.1. The molecule has 0 aromatic heterocycles. The van der Waals surface area contributed by atoms with Crippen LogP contribution >= 0.6 is 0 Å². The fraction of sp³-hybridized carbons (Fsp3) is 0.611. The van der Waals surface area contributed by atoms with E-state index in [4.69, 9.17) is 0 Å². The molecule has 0 radical (unpaired) electrons. The van der Waals surface area contributed by atoms with E-state index in [1.807, 2.05) is 12.1 Å². The van der Waals surface area contributed by atoms with Crippen molar-refractivity contribution in [2.45, 2.75) is 52.1 Å². The lowest BCUT2D eigenvalue weighted by Crippen LogP contribution is -2.46. The van der Waals surface area contributed by atoms with Gasteiger partial charge in [0.1, 0.15) is 0 Å². The van der Waals surface area contributed by atoms with Crippen molar-refractivity contribution >= 4 is 11.6 Å². The summed E-state index contributed by atoms with van der Waals surface area (Å²) < 4.78 is 0. The van der Waals surface area contributed by atoms with Crippen molar-refractivity contribution in [2.24, 2.45) is 0 Å². The minimum Gasteiger partial charge on any atom is -0.372 e. The highest BCUT2D eigenvalue weighted by atomic mass is 16.1. The molecule has 2 N–H and O–H groups in total. The molecule has 1 fully saturated rings. The molecule has 0 bridgehead atoms. The number of piperidine rings is 1. The normalized spacial score (nSPS) is 21.4. The molecule has 2 atom stereocenters. The lowest BCUT2D eigenvalue weighted by molar-refractivity contribution is 0.0925. The Hall–Kier alpha value is -1.55. The Bertz CT molecular complexity index is 472. The van der Waals surface area contributed by atoms with Crippen LogP contribution in [0.15, 0.2) is 24.3 Å².